The van der Waals surface area contributed by atoms with Gasteiger partial charge in [0.2, 0.25) is 0 Å². The minimum atomic E-state index is -1.95. The molecule has 0 aromatic heterocycles. The number of rotatable bonds is 61. The van der Waals surface area contributed by atoms with Crippen LogP contribution in [0.2, 0.25) is 0 Å². The number of hydrogen-bond acceptors (Lipinski definition) is 26. The molecule has 28 nitrogen and oxygen atoms in total. The Hall–Kier alpha value is -5.87. The SMILES string of the molecule is CCCCOCC(O[C@H](COC(=O)c1ccccc1)O[C@@H]1C(COC(C)=O)O[C@H](O[C@H]2C(COCCCC)O[C@H](OCCCCCNC(=O)OCc3ccccc3)C(OCCCC)[C@H]2OCCCC)C(OCCCC)[C@H]1OCCCC)[C@H](COCCCC)O[C@@H]1OC(C(=O)O)[C@@H](O)C(OCCCC)[C@@H]1OC(=O)c1ccccc1. The van der Waals surface area contributed by atoms with Gasteiger partial charge in [-0.05, 0) is 100 Å². The van der Waals surface area contributed by atoms with E-state index in [2.05, 4.69) is 26.1 Å². The zero-order valence-corrected chi connectivity index (χ0v) is 68.4. The summed E-state index contributed by atoms with van der Waals surface area (Å²) in [5.74, 6) is -3.78. The number of carboxylic acid groups (broad SMARTS) is 1. The van der Waals surface area contributed by atoms with Gasteiger partial charge in [-0.3, -0.25) is 4.79 Å². The molecule has 3 aromatic carbocycles. The number of ether oxygens (including phenoxy) is 20. The molecule has 3 N–H and O–H groups in total. The number of nitrogens with one attached hydrogen (secondary N) is 1. The van der Waals surface area contributed by atoms with Crippen LogP contribution in [-0.4, -0.2) is 250 Å². The maximum atomic E-state index is 14.3. The number of carbonyl (C=O) groups is 5. The van der Waals surface area contributed by atoms with Crippen molar-refractivity contribution in [1.29, 1.82) is 0 Å². The van der Waals surface area contributed by atoms with Crippen LogP contribution >= 0.6 is 0 Å². The zero-order chi connectivity index (χ0) is 81.2. The van der Waals surface area contributed by atoms with Crippen molar-refractivity contribution in [1.82, 2.24) is 5.32 Å². The highest BCUT2D eigenvalue weighted by atomic mass is 16.8. The smallest absolute Gasteiger partial charge is 0.407 e. The normalized spacial score (nSPS) is 24.6. The van der Waals surface area contributed by atoms with Crippen molar-refractivity contribution in [2.45, 2.75) is 302 Å². The number of carboxylic acids is 1. The van der Waals surface area contributed by atoms with Gasteiger partial charge in [0, 0.05) is 72.9 Å². The molecule has 3 aliphatic rings. The van der Waals surface area contributed by atoms with Gasteiger partial charge in [0.1, 0.15) is 93.1 Å². The Bertz CT molecular complexity index is 2980. The number of hydrogen-bond donors (Lipinski definition) is 3. The Morgan fingerprint density at radius 1 is 0.425 bits per heavy atom. The number of aliphatic carboxylic acids is 1. The predicted octanol–water partition coefficient (Wildman–Crippen LogP) is 12.6. The summed E-state index contributed by atoms with van der Waals surface area (Å²) in [6.45, 7) is 18.7. The number of alkyl carbamates (subject to hydrolysis) is 1. The fraction of sp³-hybridized carbons (Fsp3) is 0.729. The highest BCUT2D eigenvalue weighted by Gasteiger charge is 2.57. The predicted molar refractivity (Wildman–Crippen MR) is 417 cm³/mol. The van der Waals surface area contributed by atoms with Crippen LogP contribution in [0.5, 0.6) is 0 Å². The van der Waals surface area contributed by atoms with E-state index < -0.39 is 154 Å². The molecule has 0 bridgehead atoms. The van der Waals surface area contributed by atoms with E-state index in [1.54, 1.807) is 60.7 Å². The molecule has 113 heavy (non-hydrogen) atoms. The average molecular weight is 1600 g/mol. The van der Waals surface area contributed by atoms with Gasteiger partial charge >= 0.3 is 30.0 Å². The number of amides is 1. The summed E-state index contributed by atoms with van der Waals surface area (Å²) in [5.41, 5.74) is 1.24. The van der Waals surface area contributed by atoms with Crippen LogP contribution in [0, 0.1) is 0 Å². The third-order valence-corrected chi connectivity index (χ3v) is 19.1. The quantitative estimate of drug-likeness (QED) is 0.0205. The van der Waals surface area contributed by atoms with Crippen molar-refractivity contribution in [2.24, 2.45) is 0 Å². The average Bonchev–Trinajstić information content (AvgIpc) is 0.770. The summed E-state index contributed by atoms with van der Waals surface area (Å²) < 4.78 is 133. The lowest BCUT2D eigenvalue weighted by Gasteiger charge is -2.50. The van der Waals surface area contributed by atoms with Crippen LogP contribution in [0.3, 0.4) is 0 Å². The minimum Gasteiger partial charge on any atom is -0.479 e. The third-order valence-electron chi connectivity index (χ3n) is 19.1. The Morgan fingerprint density at radius 3 is 1.46 bits per heavy atom. The molecule has 28 heteroatoms. The van der Waals surface area contributed by atoms with E-state index in [0.717, 1.165) is 50.5 Å². The standard InChI is InChI=1S/C85H133NO27/c1-10-18-45-94-55-64(65(56-95-46-19-11-2)107-84-78(111-81(92)63-42-34-28-35-43-63)72(97-48-21-13-4)69(88)73(113-84)79(89)90)106-68(59-104-80(91)62-40-32-27-33-41-62)110-70-67(58-103-60(9)87)109-83(77(101-52-25-17-8)74(70)98-49-22-14-5)112-71-66(57-96-47-20-12-3)108-82(76(100-51-24-16-7)75(71)99-50-23-15-6)102-53-37-29-36-44-86-85(93)105-54-61-38-30-26-31-39-61/h26-28,30-35,38-43,64-78,82-84,88H,10-25,29,36-37,44-59H2,1-9H3,(H,86,93)(H,89,90)/t64?,65-,66?,67?,68-,69-,70+,71-,72?,73?,74-,75-,76?,77?,78-,82-,83+,84+/m0/s1. The van der Waals surface area contributed by atoms with Crippen LogP contribution in [-0.2, 0) is 111 Å². The molecule has 0 aliphatic carbocycles. The first-order valence-electron chi connectivity index (χ1n) is 41.6. The van der Waals surface area contributed by atoms with Gasteiger partial charge in [0.05, 0.1) is 30.9 Å². The van der Waals surface area contributed by atoms with Crippen molar-refractivity contribution in [3.8, 4) is 0 Å². The second-order valence-electron chi connectivity index (χ2n) is 28.5. The van der Waals surface area contributed by atoms with E-state index in [1.165, 1.54) is 6.92 Å². The van der Waals surface area contributed by atoms with Crippen LogP contribution in [0.15, 0.2) is 91.0 Å². The van der Waals surface area contributed by atoms with Gasteiger partial charge in [-0.15, -0.1) is 0 Å². The molecule has 3 fully saturated rings. The van der Waals surface area contributed by atoms with Crippen molar-refractivity contribution >= 4 is 30.0 Å². The number of esters is 3. The van der Waals surface area contributed by atoms with Gasteiger partial charge in [-0.25, -0.2) is 19.2 Å². The molecule has 3 saturated heterocycles. The summed E-state index contributed by atoms with van der Waals surface area (Å²) in [5, 5.41) is 25.4. The molecule has 7 unspecified atom stereocenters. The second-order valence-corrected chi connectivity index (χ2v) is 28.5. The maximum Gasteiger partial charge on any atom is 0.407 e. The molecule has 3 aliphatic heterocycles. The van der Waals surface area contributed by atoms with E-state index in [-0.39, 0.29) is 77.2 Å². The number of carbonyl (C=O) groups excluding carboxylic acids is 4. The number of unbranched alkanes of at least 4 members (excludes halogenated alkanes) is 10. The molecule has 640 valence electrons. The first-order chi connectivity index (χ1) is 55.1. The molecule has 3 heterocycles. The first kappa shape index (κ1) is 96.0. The first-order valence-corrected chi connectivity index (χ1v) is 41.6. The molecule has 3 aromatic rings. The lowest BCUT2D eigenvalue weighted by molar-refractivity contribution is -0.382. The second kappa shape index (κ2) is 57.3. The summed E-state index contributed by atoms with van der Waals surface area (Å²) >= 11 is 0. The Kier molecular flexibility index (Phi) is 48.6. The lowest BCUT2D eigenvalue weighted by atomic mass is 9.95. The highest BCUT2D eigenvalue weighted by Crippen LogP contribution is 2.38. The van der Waals surface area contributed by atoms with Gasteiger partial charge < -0.3 is 110 Å². The number of benzene rings is 3. The molecule has 6 rings (SSSR count). The maximum absolute atomic E-state index is 14.3. The molecule has 0 radical (unpaired) electrons. The summed E-state index contributed by atoms with van der Waals surface area (Å²) in [7, 11) is 0. The summed E-state index contributed by atoms with van der Waals surface area (Å²) in [4.78, 5) is 67.6. The lowest BCUT2D eigenvalue weighted by Crippen LogP contribution is -2.67. The Morgan fingerprint density at radius 2 is 0.903 bits per heavy atom. The number of aliphatic hydroxyl groups excluding tert-OH is 1. The zero-order valence-electron chi connectivity index (χ0n) is 68.4. The largest absolute Gasteiger partial charge is 0.479 e. The summed E-state index contributed by atoms with van der Waals surface area (Å²) in [6, 6.07) is 25.9. The number of aliphatic hydroxyl groups is 1. The van der Waals surface area contributed by atoms with E-state index in [4.69, 9.17) is 94.7 Å². The van der Waals surface area contributed by atoms with E-state index >= 15 is 0 Å². The van der Waals surface area contributed by atoms with Crippen molar-refractivity contribution in [2.75, 3.05) is 99.0 Å². The van der Waals surface area contributed by atoms with Crippen LogP contribution in [0.4, 0.5) is 4.79 Å². The monoisotopic (exact) mass is 1600 g/mol. The Labute approximate surface area is 669 Å². The van der Waals surface area contributed by atoms with Crippen LogP contribution < -0.4 is 5.32 Å². The van der Waals surface area contributed by atoms with E-state index in [1.807, 2.05) is 65.0 Å². The molecule has 0 spiro atoms. The molecule has 1 amide bonds. The Balaban J connectivity index is 1.45. The minimum absolute atomic E-state index is 0.0409. The molecular formula is C85H133NO27. The van der Waals surface area contributed by atoms with Gasteiger partial charge in [0.25, 0.3) is 0 Å². The van der Waals surface area contributed by atoms with Gasteiger partial charge in [-0.1, -0.05) is 173 Å². The van der Waals surface area contributed by atoms with Crippen molar-refractivity contribution < 1.29 is 129 Å². The van der Waals surface area contributed by atoms with Gasteiger partial charge in [0.15, 0.2) is 37.4 Å². The van der Waals surface area contributed by atoms with Crippen LogP contribution in [0.25, 0.3) is 0 Å². The van der Waals surface area contributed by atoms with Crippen molar-refractivity contribution in [3.63, 3.8) is 0 Å². The van der Waals surface area contributed by atoms with E-state index in [9.17, 15) is 34.2 Å². The molecule has 0 saturated carbocycles. The van der Waals surface area contributed by atoms with Crippen LogP contribution in [0.1, 0.15) is 211 Å². The molecule has 18 atom stereocenters. The summed E-state index contributed by atoms with van der Waals surface area (Å²) in [6.07, 6.45) is -11.1. The fourth-order valence-electron chi connectivity index (χ4n) is 12.6. The third kappa shape index (κ3) is 34.7. The van der Waals surface area contributed by atoms with E-state index in [0.29, 0.717) is 103 Å². The molecular weight excluding hydrogens is 1470 g/mol. The van der Waals surface area contributed by atoms with Gasteiger partial charge in [-0.2, -0.15) is 0 Å². The topological polar surface area (TPSA) is 322 Å². The highest BCUT2D eigenvalue weighted by molar-refractivity contribution is 5.90. The fourth-order valence-corrected chi connectivity index (χ4v) is 12.6. The van der Waals surface area contributed by atoms with Crippen molar-refractivity contribution in [3.05, 3.63) is 108 Å².